The van der Waals surface area contributed by atoms with Crippen molar-refractivity contribution < 1.29 is 4.74 Å². The van der Waals surface area contributed by atoms with Gasteiger partial charge >= 0.3 is 0 Å². The van der Waals surface area contributed by atoms with Gasteiger partial charge in [-0.15, -0.1) is 0 Å². The summed E-state index contributed by atoms with van der Waals surface area (Å²) < 4.78 is 5.81. The predicted molar refractivity (Wildman–Crippen MR) is 85.0 cm³/mol. The first-order valence-electron chi connectivity index (χ1n) is 6.15. The lowest BCUT2D eigenvalue weighted by atomic mass is 10.1. The van der Waals surface area contributed by atoms with Crippen LogP contribution in [0.3, 0.4) is 0 Å². The normalized spacial score (nSPS) is 10.6. The van der Waals surface area contributed by atoms with Crippen LogP contribution in [-0.4, -0.2) is 6.54 Å². The summed E-state index contributed by atoms with van der Waals surface area (Å²) in [6.07, 6.45) is 0.708. The van der Waals surface area contributed by atoms with Gasteiger partial charge in [-0.3, -0.25) is 0 Å². The van der Waals surface area contributed by atoms with Crippen molar-refractivity contribution in [3.05, 3.63) is 62.6 Å². The van der Waals surface area contributed by atoms with E-state index in [1.807, 2.05) is 12.1 Å². The lowest BCUT2D eigenvalue weighted by Gasteiger charge is -2.12. The average molecular weight is 331 g/mol. The lowest BCUT2D eigenvalue weighted by molar-refractivity contribution is 0.303. The smallest absolute Gasteiger partial charge is 0.123 e. The van der Waals surface area contributed by atoms with Crippen LogP contribution in [0.4, 0.5) is 0 Å². The van der Waals surface area contributed by atoms with Crippen LogP contribution in [0.15, 0.2) is 36.4 Å². The fraction of sp³-hybridized carbons (Fsp3) is 0.200. The maximum atomic E-state index is 6.11. The Morgan fingerprint density at radius 2 is 1.55 bits per heavy atom. The molecule has 2 rings (SSSR count). The van der Waals surface area contributed by atoms with E-state index in [0.717, 1.165) is 16.9 Å². The molecule has 0 radical (unpaired) electrons. The Morgan fingerprint density at radius 1 is 0.900 bits per heavy atom. The van der Waals surface area contributed by atoms with Gasteiger partial charge in [-0.05, 0) is 54.9 Å². The number of rotatable bonds is 5. The first-order valence-corrected chi connectivity index (χ1v) is 7.29. The van der Waals surface area contributed by atoms with E-state index in [2.05, 4.69) is 0 Å². The van der Waals surface area contributed by atoms with Crippen molar-refractivity contribution in [1.29, 1.82) is 0 Å². The molecule has 2 aromatic carbocycles. The van der Waals surface area contributed by atoms with E-state index in [1.165, 1.54) is 0 Å². The molecule has 106 valence electrons. The minimum atomic E-state index is 0.346. The second-order valence-corrected chi connectivity index (χ2v) is 5.60. The Hall–Kier alpha value is -0.930. The third kappa shape index (κ3) is 4.03. The Balaban J connectivity index is 2.16. The van der Waals surface area contributed by atoms with Crippen molar-refractivity contribution >= 4 is 34.8 Å². The summed E-state index contributed by atoms with van der Waals surface area (Å²) in [6, 6.07) is 10.8. The standard InChI is InChI=1S/C15H14Cl3NO/c16-12-1-3-14(18)11(8-12)9-20-15-4-2-13(17)7-10(15)5-6-19/h1-4,7-8H,5-6,9,19H2. The monoisotopic (exact) mass is 329 g/mol. The molecule has 0 heterocycles. The van der Waals surface area contributed by atoms with Gasteiger partial charge in [0.25, 0.3) is 0 Å². The van der Waals surface area contributed by atoms with Crippen molar-refractivity contribution in [1.82, 2.24) is 0 Å². The second-order valence-electron chi connectivity index (χ2n) is 4.32. The van der Waals surface area contributed by atoms with Crippen LogP contribution < -0.4 is 10.5 Å². The molecule has 0 aromatic heterocycles. The summed E-state index contributed by atoms with van der Waals surface area (Å²) in [4.78, 5) is 0. The zero-order chi connectivity index (χ0) is 14.5. The van der Waals surface area contributed by atoms with E-state index in [-0.39, 0.29) is 0 Å². The molecular weight excluding hydrogens is 317 g/mol. The fourth-order valence-electron chi connectivity index (χ4n) is 1.85. The van der Waals surface area contributed by atoms with E-state index >= 15 is 0 Å². The van der Waals surface area contributed by atoms with Crippen LogP contribution in [0.2, 0.25) is 15.1 Å². The summed E-state index contributed by atoms with van der Waals surface area (Å²) in [5, 5.41) is 1.93. The van der Waals surface area contributed by atoms with Crippen molar-refractivity contribution in [3.8, 4) is 5.75 Å². The summed E-state index contributed by atoms with van der Waals surface area (Å²) in [7, 11) is 0. The van der Waals surface area contributed by atoms with Crippen molar-refractivity contribution in [2.24, 2.45) is 5.73 Å². The second kappa shape index (κ2) is 7.19. The van der Waals surface area contributed by atoms with Crippen LogP contribution in [-0.2, 0) is 13.0 Å². The zero-order valence-corrected chi connectivity index (χ0v) is 13.0. The van der Waals surface area contributed by atoms with E-state index in [0.29, 0.717) is 34.6 Å². The summed E-state index contributed by atoms with van der Waals surface area (Å²) >= 11 is 18.0. The van der Waals surface area contributed by atoms with Crippen LogP contribution >= 0.6 is 34.8 Å². The van der Waals surface area contributed by atoms with Gasteiger partial charge in [0.2, 0.25) is 0 Å². The van der Waals surface area contributed by atoms with Gasteiger partial charge in [-0.1, -0.05) is 34.8 Å². The molecule has 0 aliphatic rings. The zero-order valence-electron chi connectivity index (χ0n) is 10.7. The van der Waals surface area contributed by atoms with Gasteiger partial charge in [-0.2, -0.15) is 0 Å². The van der Waals surface area contributed by atoms with Crippen LogP contribution in [0.1, 0.15) is 11.1 Å². The van der Waals surface area contributed by atoms with Crippen molar-refractivity contribution in [2.45, 2.75) is 13.0 Å². The van der Waals surface area contributed by atoms with Gasteiger partial charge in [0.05, 0.1) is 0 Å². The highest BCUT2D eigenvalue weighted by atomic mass is 35.5. The number of benzene rings is 2. The first-order chi connectivity index (χ1) is 9.60. The molecule has 5 heteroatoms. The molecule has 0 amide bonds. The topological polar surface area (TPSA) is 35.2 Å². The van der Waals surface area contributed by atoms with Crippen LogP contribution in [0.5, 0.6) is 5.75 Å². The van der Waals surface area contributed by atoms with Gasteiger partial charge in [0.1, 0.15) is 12.4 Å². The van der Waals surface area contributed by atoms with Gasteiger partial charge in [-0.25, -0.2) is 0 Å². The van der Waals surface area contributed by atoms with Crippen LogP contribution in [0.25, 0.3) is 0 Å². The molecule has 0 fully saturated rings. The quantitative estimate of drug-likeness (QED) is 0.860. The molecular formula is C15H14Cl3NO. The molecule has 0 bridgehead atoms. The third-order valence-electron chi connectivity index (χ3n) is 2.83. The highest BCUT2D eigenvalue weighted by Crippen LogP contribution is 2.26. The molecule has 0 saturated heterocycles. The molecule has 20 heavy (non-hydrogen) atoms. The number of hydrogen-bond acceptors (Lipinski definition) is 2. The van der Waals surface area contributed by atoms with Gasteiger partial charge in [0.15, 0.2) is 0 Å². The molecule has 0 aliphatic carbocycles. The summed E-state index contributed by atoms with van der Waals surface area (Å²) in [6.45, 7) is 0.882. The number of ether oxygens (including phenoxy) is 1. The minimum Gasteiger partial charge on any atom is -0.489 e. The molecule has 0 spiro atoms. The molecule has 0 unspecified atom stereocenters. The number of nitrogens with two attached hydrogens (primary N) is 1. The van der Waals surface area contributed by atoms with E-state index < -0.39 is 0 Å². The van der Waals surface area contributed by atoms with Crippen molar-refractivity contribution in [3.63, 3.8) is 0 Å². The Bertz CT molecular complexity index is 602. The molecule has 0 atom stereocenters. The highest BCUT2D eigenvalue weighted by Gasteiger charge is 2.07. The number of hydrogen-bond donors (Lipinski definition) is 1. The van der Waals surface area contributed by atoms with Crippen molar-refractivity contribution in [2.75, 3.05) is 6.54 Å². The average Bonchev–Trinajstić information content (AvgIpc) is 2.42. The summed E-state index contributed by atoms with van der Waals surface area (Å²) in [5.74, 6) is 0.760. The lowest BCUT2D eigenvalue weighted by Crippen LogP contribution is -2.05. The maximum absolute atomic E-state index is 6.11. The predicted octanol–water partition coefficient (Wildman–Crippen LogP) is 4.73. The van der Waals surface area contributed by atoms with E-state index in [4.69, 9.17) is 45.3 Å². The van der Waals surface area contributed by atoms with Crippen LogP contribution in [0, 0.1) is 0 Å². The molecule has 2 aromatic rings. The van der Waals surface area contributed by atoms with E-state index in [9.17, 15) is 0 Å². The minimum absolute atomic E-state index is 0.346. The first kappa shape index (κ1) is 15.5. The molecule has 0 aliphatic heterocycles. The number of halogens is 3. The SMILES string of the molecule is NCCc1cc(Cl)ccc1OCc1cc(Cl)ccc1Cl. The Labute approximate surface area is 133 Å². The summed E-state index contributed by atoms with van der Waals surface area (Å²) in [5.41, 5.74) is 7.42. The molecule has 0 saturated carbocycles. The highest BCUT2D eigenvalue weighted by molar-refractivity contribution is 6.33. The van der Waals surface area contributed by atoms with Gasteiger partial charge < -0.3 is 10.5 Å². The largest absolute Gasteiger partial charge is 0.489 e. The fourth-order valence-corrected chi connectivity index (χ4v) is 2.41. The van der Waals surface area contributed by atoms with Gasteiger partial charge in [0, 0.05) is 20.6 Å². The maximum Gasteiger partial charge on any atom is 0.123 e. The molecule has 2 nitrogen and oxygen atoms in total. The molecule has 2 N–H and O–H groups in total. The third-order valence-corrected chi connectivity index (χ3v) is 3.67. The van der Waals surface area contributed by atoms with E-state index in [1.54, 1.807) is 24.3 Å². The Morgan fingerprint density at radius 3 is 2.25 bits per heavy atom. The Kier molecular flexibility index (Phi) is 5.55.